The van der Waals surface area contributed by atoms with Gasteiger partial charge in [-0.1, -0.05) is 20.8 Å². The average Bonchev–Trinajstić information content (AvgIpc) is 2.46. The second-order valence-corrected chi connectivity index (χ2v) is 8.16. The Labute approximate surface area is 131 Å². The fourth-order valence-electron chi connectivity index (χ4n) is 2.44. The third kappa shape index (κ3) is 4.04. The number of hydrogen-bond acceptors (Lipinski definition) is 5. The van der Waals surface area contributed by atoms with E-state index in [-0.39, 0.29) is 0 Å². The minimum absolute atomic E-state index is 0.443. The van der Waals surface area contributed by atoms with Crippen molar-refractivity contribution in [3.8, 4) is 0 Å². The molecule has 0 aliphatic carbocycles. The average molecular weight is 312 g/mol. The zero-order valence-corrected chi connectivity index (χ0v) is 14.5. The molecule has 1 fully saturated rings. The SMILES string of the molecule is CCC1SCCSC1c1nc(CC(C)C)cc(NC)n1. The minimum Gasteiger partial charge on any atom is -0.373 e. The number of anilines is 1. The monoisotopic (exact) mass is 311 g/mol. The van der Waals surface area contributed by atoms with Crippen molar-refractivity contribution < 1.29 is 0 Å². The smallest absolute Gasteiger partial charge is 0.145 e. The van der Waals surface area contributed by atoms with Gasteiger partial charge in [0.15, 0.2) is 0 Å². The first-order chi connectivity index (χ1) is 9.63. The van der Waals surface area contributed by atoms with Gasteiger partial charge in [0.2, 0.25) is 0 Å². The highest BCUT2D eigenvalue weighted by Crippen LogP contribution is 2.43. The number of rotatable bonds is 5. The lowest BCUT2D eigenvalue weighted by molar-refractivity contribution is 0.627. The Hall–Kier alpha value is -0.420. The maximum Gasteiger partial charge on any atom is 0.145 e. The highest BCUT2D eigenvalue weighted by atomic mass is 32.2. The summed E-state index contributed by atoms with van der Waals surface area (Å²) in [5, 5.41) is 4.27. The van der Waals surface area contributed by atoms with Gasteiger partial charge in [-0.3, -0.25) is 0 Å². The molecule has 1 aromatic rings. The summed E-state index contributed by atoms with van der Waals surface area (Å²) in [6.45, 7) is 6.75. The van der Waals surface area contributed by atoms with Crippen molar-refractivity contribution in [1.29, 1.82) is 0 Å². The molecule has 1 aromatic heterocycles. The van der Waals surface area contributed by atoms with Crippen LogP contribution in [0.15, 0.2) is 6.07 Å². The molecule has 2 atom stereocenters. The van der Waals surface area contributed by atoms with Crippen LogP contribution in [0.4, 0.5) is 5.82 Å². The summed E-state index contributed by atoms with van der Waals surface area (Å²) >= 11 is 4.10. The van der Waals surface area contributed by atoms with Gasteiger partial charge in [0, 0.05) is 35.6 Å². The quantitative estimate of drug-likeness (QED) is 0.889. The number of nitrogens with one attached hydrogen (secondary N) is 1. The third-order valence-electron chi connectivity index (χ3n) is 3.38. The third-order valence-corrected chi connectivity index (χ3v) is 6.62. The molecule has 0 radical (unpaired) electrons. The molecule has 112 valence electrons. The molecule has 2 heterocycles. The fraction of sp³-hybridized carbons (Fsp3) is 0.733. The van der Waals surface area contributed by atoms with Gasteiger partial charge in [-0.2, -0.15) is 11.8 Å². The molecule has 1 saturated heterocycles. The molecule has 1 N–H and O–H groups in total. The molecule has 0 spiro atoms. The van der Waals surface area contributed by atoms with E-state index in [1.807, 2.05) is 18.8 Å². The molecule has 20 heavy (non-hydrogen) atoms. The molecule has 1 aliphatic rings. The first kappa shape index (κ1) is 16.0. The summed E-state index contributed by atoms with van der Waals surface area (Å²) in [5.41, 5.74) is 1.17. The highest BCUT2D eigenvalue weighted by Gasteiger charge is 2.29. The summed E-state index contributed by atoms with van der Waals surface area (Å²) in [7, 11) is 1.94. The summed E-state index contributed by atoms with van der Waals surface area (Å²) < 4.78 is 0. The molecule has 0 aromatic carbocycles. The first-order valence-electron chi connectivity index (χ1n) is 7.42. The van der Waals surface area contributed by atoms with E-state index in [0.29, 0.717) is 16.4 Å². The van der Waals surface area contributed by atoms with Crippen LogP contribution in [-0.4, -0.2) is 33.8 Å². The Balaban J connectivity index is 2.28. The van der Waals surface area contributed by atoms with Crippen LogP contribution >= 0.6 is 23.5 Å². The maximum atomic E-state index is 4.86. The van der Waals surface area contributed by atoms with Crippen LogP contribution in [0.2, 0.25) is 0 Å². The van der Waals surface area contributed by atoms with Crippen molar-refractivity contribution in [2.45, 2.75) is 44.1 Å². The van der Waals surface area contributed by atoms with Gasteiger partial charge in [0.25, 0.3) is 0 Å². The van der Waals surface area contributed by atoms with Crippen LogP contribution in [0.25, 0.3) is 0 Å². The van der Waals surface area contributed by atoms with Crippen molar-refractivity contribution in [3.05, 3.63) is 17.6 Å². The molecule has 3 nitrogen and oxygen atoms in total. The van der Waals surface area contributed by atoms with E-state index in [0.717, 1.165) is 18.1 Å². The topological polar surface area (TPSA) is 37.8 Å². The van der Waals surface area contributed by atoms with E-state index in [1.54, 1.807) is 0 Å². The van der Waals surface area contributed by atoms with Crippen LogP contribution in [-0.2, 0) is 6.42 Å². The second kappa shape index (κ2) is 7.55. The van der Waals surface area contributed by atoms with Gasteiger partial charge >= 0.3 is 0 Å². The Morgan fingerprint density at radius 2 is 2.05 bits per heavy atom. The van der Waals surface area contributed by atoms with Crippen LogP contribution in [0.1, 0.15) is 44.0 Å². The summed E-state index contributed by atoms with van der Waals surface area (Å²) in [4.78, 5) is 9.58. The second-order valence-electron chi connectivity index (χ2n) is 5.56. The Morgan fingerprint density at radius 1 is 1.30 bits per heavy atom. The molecular weight excluding hydrogens is 286 g/mol. The predicted octanol–water partition coefficient (Wildman–Crippen LogP) is 4.02. The Bertz CT molecular complexity index is 437. The normalized spacial score (nSPS) is 23.1. The van der Waals surface area contributed by atoms with Gasteiger partial charge in [-0.15, -0.1) is 11.8 Å². The van der Waals surface area contributed by atoms with Gasteiger partial charge < -0.3 is 5.32 Å². The van der Waals surface area contributed by atoms with Crippen LogP contribution in [0.5, 0.6) is 0 Å². The van der Waals surface area contributed by atoms with Crippen molar-refractivity contribution >= 4 is 29.3 Å². The van der Waals surface area contributed by atoms with Gasteiger partial charge in [0.05, 0.1) is 5.25 Å². The lowest BCUT2D eigenvalue weighted by atomic mass is 10.1. The van der Waals surface area contributed by atoms with E-state index in [2.05, 4.69) is 43.9 Å². The minimum atomic E-state index is 0.443. The molecule has 2 rings (SSSR count). The van der Waals surface area contributed by atoms with E-state index >= 15 is 0 Å². The number of nitrogens with zero attached hydrogens (tertiary/aromatic N) is 2. The zero-order chi connectivity index (χ0) is 14.5. The van der Waals surface area contributed by atoms with Gasteiger partial charge in [0.1, 0.15) is 11.6 Å². The predicted molar refractivity (Wildman–Crippen MR) is 91.9 cm³/mol. The fourth-order valence-corrected chi connectivity index (χ4v) is 5.43. The molecule has 0 amide bonds. The van der Waals surface area contributed by atoms with E-state index < -0.39 is 0 Å². The molecular formula is C15H25N3S2. The van der Waals surface area contributed by atoms with Crippen molar-refractivity contribution in [2.75, 3.05) is 23.9 Å². The van der Waals surface area contributed by atoms with Crippen LogP contribution < -0.4 is 5.32 Å². The molecule has 2 unspecified atom stereocenters. The molecule has 0 bridgehead atoms. The Kier molecular flexibility index (Phi) is 6.02. The zero-order valence-electron chi connectivity index (χ0n) is 12.8. The molecule has 5 heteroatoms. The van der Waals surface area contributed by atoms with Gasteiger partial charge in [-0.25, -0.2) is 9.97 Å². The van der Waals surface area contributed by atoms with E-state index in [9.17, 15) is 0 Å². The van der Waals surface area contributed by atoms with Gasteiger partial charge in [-0.05, 0) is 18.8 Å². The lowest BCUT2D eigenvalue weighted by Crippen LogP contribution is -2.21. The Morgan fingerprint density at radius 3 is 2.70 bits per heavy atom. The van der Waals surface area contributed by atoms with Crippen molar-refractivity contribution in [2.24, 2.45) is 5.92 Å². The summed E-state index contributed by atoms with van der Waals surface area (Å²) in [5.74, 6) is 5.06. The van der Waals surface area contributed by atoms with E-state index in [4.69, 9.17) is 9.97 Å². The summed E-state index contributed by atoms with van der Waals surface area (Å²) in [6.07, 6.45) is 2.21. The van der Waals surface area contributed by atoms with Crippen molar-refractivity contribution in [1.82, 2.24) is 9.97 Å². The van der Waals surface area contributed by atoms with E-state index in [1.165, 1.54) is 23.6 Å². The molecule has 1 aliphatic heterocycles. The number of aromatic nitrogens is 2. The highest BCUT2D eigenvalue weighted by molar-refractivity contribution is 8.06. The van der Waals surface area contributed by atoms with Crippen molar-refractivity contribution in [3.63, 3.8) is 0 Å². The first-order valence-corrected chi connectivity index (χ1v) is 9.52. The van der Waals surface area contributed by atoms with Crippen LogP contribution in [0, 0.1) is 5.92 Å². The lowest BCUT2D eigenvalue weighted by Gasteiger charge is -2.29. The largest absolute Gasteiger partial charge is 0.373 e. The standard InChI is InChI=1S/C15H25N3S2/c1-5-12-14(20-7-6-19-12)15-17-11(8-10(2)3)9-13(16-4)18-15/h9-10,12,14H,5-8H2,1-4H3,(H,16,17,18). The maximum absolute atomic E-state index is 4.86. The number of hydrogen-bond donors (Lipinski definition) is 1. The van der Waals surface area contributed by atoms with Crippen LogP contribution in [0.3, 0.4) is 0 Å². The molecule has 0 saturated carbocycles. The summed E-state index contributed by atoms with van der Waals surface area (Å²) in [6, 6.07) is 2.09. The number of thioether (sulfide) groups is 2.